The molecule has 0 radical (unpaired) electrons. The zero-order valence-electron chi connectivity index (χ0n) is 10.5. The number of fused-ring (bicyclic) bond motifs is 1. The molecule has 6 heteroatoms. The molecule has 2 aromatic heterocycles. The van der Waals surface area contributed by atoms with Crippen LogP contribution in [0.15, 0.2) is 36.5 Å². The zero-order valence-corrected chi connectivity index (χ0v) is 10.5. The summed E-state index contributed by atoms with van der Waals surface area (Å²) in [7, 11) is 0. The number of carboxylic acid groups (broad SMARTS) is 1. The normalized spacial score (nSPS) is 10.9. The molecule has 0 unspecified atom stereocenters. The van der Waals surface area contributed by atoms with Gasteiger partial charge in [-0.1, -0.05) is 12.1 Å². The number of aromatic nitrogens is 3. The van der Waals surface area contributed by atoms with Crippen LogP contribution in [0.3, 0.4) is 0 Å². The molecule has 0 saturated carbocycles. The van der Waals surface area contributed by atoms with E-state index in [2.05, 4.69) is 10.1 Å². The van der Waals surface area contributed by atoms with E-state index in [-0.39, 0.29) is 22.5 Å². The summed E-state index contributed by atoms with van der Waals surface area (Å²) < 4.78 is 15.3. The highest BCUT2D eigenvalue weighted by molar-refractivity contribution is 6.01. The van der Waals surface area contributed by atoms with Crippen molar-refractivity contribution in [2.75, 3.05) is 0 Å². The van der Waals surface area contributed by atoms with Crippen molar-refractivity contribution in [2.45, 2.75) is 6.92 Å². The lowest BCUT2D eigenvalue weighted by molar-refractivity contribution is 0.0699. The number of carbonyl (C=O) groups is 1. The van der Waals surface area contributed by atoms with Crippen molar-refractivity contribution >= 4 is 11.6 Å². The first-order chi connectivity index (χ1) is 9.59. The molecule has 0 spiro atoms. The molecular weight excluding hydrogens is 261 g/mol. The molecule has 0 fully saturated rings. The number of rotatable bonds is 2. The van der Waals surface area contributed by atoms with Gasteiger partial charge in [0.15, 0.2) is 5.65 Å². The molecule has 0 bridgehead atoms. The molecule has 3 rings (SSSR count). The van der Waals surface area contributed by atoms with Crippen molar-refractivity contribution in [1.29, 1.82) is 0 Å². The summed E-state index contributed by atoms with van der Waals surface area (Å²) in [6.07, 6.45) is 1.50. The van der Waals surface area contributed by atoms with Crippen LogP contribution in [0.2, 0.25) is 0 Å². The third-order valence-electron chi connectivity index (χ3n) is 3.05. The van der Waals surface area contributed by atoms with Crippen LogP contribution in [0, 0.1) is 12.7 Å². The molecule has 0 aliphatic rings. The van der Waals surface area contributed by atoms with E-state index >= 15 is 0 Å². The van der Waals surface area contributed by atoms with E-state index < -0.39 is 11.8 Å². The Bertz CT molecular complexity index is 826. The predicted molar refractivity (Wildman–Crippen MR) is 70.1 cm³/mol. The Labute approximate surface area is 113 Å². The third kappa shape index (κ3) is 1.73. The molecule has 1 aromatic carbocycles. The second-order valence-electron chi connectivity index (χ2n) is 4.33. The first-order valence-corrected chi connectivity index (χ1v) is 5.92. The van der Waals surface area contributed by atoms with E-state index in [1.807, 2.05) is 0 Å². The SMILES string of the molecule is Cc1ccnc2c(C(=O)O)c(-c3ccccc3F)nn12. The van der Waals surface area contributed by atoms with Gasteiger partial charge in [0.05, 0.1) is 0 Å². The largest absolute Gasteiger partial charge is 0.477 e. The van der Waals surface area contributed by atoms with Crippen LogP contribution < -0.4 is 0 Å². The predicted octanol–water partition coefficient (Wildman–Crippen LogP) is 2.54. The van der Waals surface area contributed by atoms with Crippen molar-refractivity contribution in [3.63, 3.8) is 0 Å². The minimum Gasteiger partial charge on any atom is -0.477 e. The monoisotopic (exact) mass is 271 g/mol. The van der Waals surface area contributed by atoms with Gasteiger partial charge in [0.2, 0.25) is 0 Å². The number of benzene rings is 1. The number of halogens is 1. The first-order valence-electron chi connectivity index (χ1n) is 5.92. The highest BCUT2D eigenvalue weighted by atomic mass is 19.1. The fourth-order valence-electron chi connectivity index (χ4n) is 2.10. The third-order valence-corrected chi connectivity index (χ3v) is 3.05. The molecule has 0 aliphatic carbocycles. The summed E-state index contributed by atoms with van der Waals surface area (Å²) in [4.78, 5) is 15.5. The molecule has 20 heavy (non-hydrogen) atoms. The van der Waals surface area contributed by atoms with Crippen LogP contribution in [0.5, 0.6) is 0 Å². The Hall–Kier alpha value is -2.76. The summed E-state index contributed by atoms with van der Waals surface area (Å²) in [5.74, 6) is -1.70. The van der Waals surface area contributed by atoms with Crippen molar-refractivity contribution in [2.24, 2.45) is 0 Å². The average molecular weight is 271 g/mol. The van der Waals surface area contributed by atoms with Crippen LogP contribution in [0.25, 0.3) is 16.9 Å². The Kier molecular flexibility index (Phi) is 2.71. The molecule has 5 nitrogen and oxygen atoms in total. The van der Waals surface area contributed by atoms with Gasteiger partial charge in [-0.25, -0.2) is 18.7 Å². The van der Waals surface area contributed by atoms with Gasteiger partial charge in [-0.3, -0.25) is 0 Å². The van der Waals surface area contributed by atoms with Crippen molar-refractivity contribution < 1.29 is 14.3 Å². The minimum absolute atomic E-state index is 0.0809. The van der Waals surface area contributed by atoms with Gasteiger partial charge in [-0.2, -0.15) is 5.10 Å². The fraction of sp³-hybridized carbons (Fsp3) is 0.0714. The lowest BCUT2D eigenvalue weighted by Gasteiger charge is -1.99. The van der Waals surface area contributed by atoms with Crippen LogP contribution >= 0.6 is 0 Å². The topological polar surface area (TPSA) is 67.5 Å². The number of aromatic carboxylic acids is 1. The smallest absolute Gasteiger partial charge is 0.341 e. The number of carboxylic acids is 1. The molecule has 2 heterocycles. The Morgan fingerprint density at radius 1 is 1.30 bits per heavy atom. The standard InChI is InChI=1S/C14H10FN3O2/c1-8-6-7-16-13-11(14(19)20)12(17-18(8)13)9-4-2-3-5-10(9)15/h2-7H,1H3,(H,19,20). The van der Waals surface area contributed by atoms with E-state index in [1.54, 1.807) is 25.1 Å². The maximum absolute atomic E-state index is 13.9. The van der Waals surface area contributed by atoms with Crippen LogP contribution in [-0.4, -0.2) is 25.7 Å². The summed E-state index contributed by atoms with van der Waals surface area (Å²) in [5, 5.41) is 13.6. The molecule has 1 N–H and O–H groups in total. The maximum atomic E-state index is 13.9. The summed E-state index contributed by atoms with van der Waals surface area (Å²) in [5.41, 5.74) is 1.06. The van der Waals surface area contributed by atoms with E-state index in [0.29, 0.717) is 0 Å². The van der Waals surface area contributed by atoms with Gasteiger partial charge in [0.25, 0.3) is 0 Å². The van der Waals surface area contributed by atoms with Crippen LogP contribution in [-0.2, 0) is 0 Å². The Morgan fingerprint density at radius 2 is 2.05 bits per heavy atom. The molecule has 3 aromatic rings. The van der Waals surface area contributed by atoms with E-state index in [9.17, 15) is 14.3 Å². The molecule has 0 aliphatic heterocycles. The highest BCUT2D eigenvalue weighted by Crippen LogP contribution is 2.27. The minimum atomic E-state index is -1.18. The van der Waals surface area contributed by atoms with Crippen molar-refractivity contribution in [1.82, 2.24) is 14.6 Å². The second-order valence-corrected chi connectivity index (χ2v) is 4.33. The van der Waals surface area contributed by atoms with Gasteiger partial charge in [0.1, 0.15) is 17.1 Å². The van der Waals surface area contributed by atoms with Crippen molar-refractivity contribution in [3.05, 3.63) is 53.6 Å². The lowest BCUT2D eigenvalue weighted by atomic mass is 10.1. The van der Waals surface area contributed by atoms with Gasteiger partial charge in [-0.15, -0.1) is 0 Å². The number of hydrogen-bond donors (Lipinski definition) is 1. The van der Waals surface area contributed by atoms with Gasteiger partial charge < -0.3 is 5.11 Å². The maximum Gasteiger partial charge on any atom is 0.341 e. The number of nitrogens with zero attached hydrogens (tertiary/aromatic N) is 3. The van der Waals surface area contributed by atoms with Gasteiger partial charge in [0, 0.05) is 17.5 Å². The molecule has 0 amide bonds. The highest BCUT2D eigenvalue weighted by Gasteiger charge is 2.23. The average Bonchev–Trinajstić information content (AvgIpc) is 2.80. The molecular formula is C14H10FN3O2. The number of aryl methyl sites for hydroxylation is 1. The summed E-state index contributed by atoms with van der Waals surface area (Å²) in [6, 6.07) is 7.65. The second kappa shape index (κ2) is 4.41. The fourth-order valence-corrected chi connectivity index (χ4v) is 2.10. The van der Waals surface area contributed by atoms with Gasteiger partial charge >= 0.3 is 5.97 Å². The first kappa shape index (κ1) is 12.3. The van der Waals surface area contributed by atoms with E-state index in [4.69, 9.17) is 0 Å². The van der Waals surface area contributed by atoms with E-state index in [1.165, 1.54) is 22.8 Å². The summed E-state index contributed by atoms with van der Waals surface area (Å²) >= 11 is 0. The lowest BCUT2D eigenvalue weighted by Crippen LogP contribution is -2.00. The quantitative estimate of drug-likeness (QED) is 0.777. The zero-order chi connectivity index (χ0) is 14.3. The Morgan fingerprint density at radius 3 is 2.75 bits per heavy atom. The van der Waals surface area contributed by atoms with Crippen LogP contribution in [0.4, 0.5) is 4.39 Å². The molecule has 0 atom stereocenters. The summed E-state index contributed by atoms with van der Waals surface area (Å²) in [6.45, 7) is 1.78. The van der Waals surface area contributed by atoms with Crippen LogP contribution in [0.1, 0.15) is 16.1 Å². The van der Waals surface area contributed by atoms with Gasteiger partial charge in [-0.05, 0) is 25.1 Å². The molecule has 0 saturated heterocycles. The van der Waals surface area contributed by atoms with E-state index in [0.717, 1.165) is 5.69 Å². The Balaban J connectivity index is 2.42. The number of hydrogen-bond acceptors (Lipinski definition) is 3. The van der Waals surface area contributed by atoms with Crippen molar-refractivity contribution in [3.8, 4) is 11.3 Å². The molecule has 100 valence electrons.